The summed E-state index contributed by atoms with van der Waals surface area (Å²) in [6.45, 7) is 0.239. The molecule has 1 fully saturated rings. The summed E-state index contributed by atoms with van der Waals surface area (Å²) in [5, 5.41) is 12.7. The van der Waals surface area contributed by atoms with Crippen molar-refractivity contribution in [1.29, 1.82) is 0 Å². The van der Waals surface area contributed by atoms with E-state index in [1.165, 1.54) is 17.8 Å². The number of anilines is 1. The van der Waals surface area contributed by atoms with Crippen LogP contribution in [-0.2, 0) is 16.4 Å². The van der Waals surface area contributed by atoms with Crippen LogP contribution in [-0.4, -0.2) is 34.1 Å². The van der Waals surface area contributed by atoms with E-state index in [0.29, 0.717) is 33.8 Å². The molecular weight excluding hydrogens is 445 g/mol. The normalized spacial score (nSPS) is 20.9. The highest BCUT2D eigenvalue weighted by molar-refractivity contribution is 7.94. The zero-order chi connectivity index (χ0) is 22.3. The molecule has 1 aliphatic carbocycles. The van der Waals surface area contributed by atoms with Gasteiger partial charge in [-0.3, -0.25) is 4.40 Å². The van der Waals surface area contributed by atoms with Crippen LogP contribution in [0.4, 0.5) is 10.3 Å². The Kier molecular flexibility index (Phi) is 3.63. The number of rotatable bonds is 4. The molecule has 2 atom stereocenters. The van der Waals surface area contributed by atoms with Crippen LogP contribution in [0.5, 0.6) is 5.75 Å². The van der Waals surface area contributed by atoms with Crippen molar-refractivity contribution >= 4 is 27.5 Å². The van der Waals surface area contributed by atoms with E-state index in [2.05, 4.69) is 20.5 Å². The zero-order valence-corrected chi connectivity index (χ0v) is 17.9. The maximum absolute atomic E-state index is 14.7. The molecule has 1 saturated carbocycles. The monoisotopic (exact) mass is 461 g/mol. The first kappa shape index (κ1) is 18.8. The first-order valence-corrected chi connectivity index (χ1v) is 12.0. The smallest absolute Gasteiger partial charge is 0.210 e. The summed E-state index contributed by atoms with van der Waals surface area (Å²) in [6.07, 6.45) is 5.85. The summed E-state index contributed by atoms with van der Waals surface area (Å²) >= 11 is 0. The number of fused-ring (bicyclic) bond motifs is 5. The molecule has 2 aromatic heterocycles. The van der Waals surface area contributed by atoms with Gasteiger partial charge in [-0.2, -0.15) is 0 Å². The molecular formula is C23H16FN5O3S. The first-order chi connectivity index (χ1) is 16.0. The lowest BCUT2D eigenvalue weighted by atomic mass is 10.0. The Labute approximate surface area is 187 Å². The fraction of sp³-hybridized carbons (Fsp3) is 0.174. The predicted molar refractivity (Wildman–Crippen MR) is 118 cm³/mol. The van der Waals surface area contributed by atoms with Gasteiger partial charge in [-0.05, 0) is 36.3 Å². The average Bonchev–Trinajstić information content (AvgIpc) is 3.12. The lowest BCUT2D eigenvalue weighted by Crippen LogP contribution is -2.10. The van der Waals surface area contributed by atoms with E-state index in [4.69, 9.17) is 4.74 Å². The number of hydrogen-bond acceptors (Lipinski definition) is 7. The van der Waals surface area contributed by atoms with Crippen molar-refractivity contribution in [2.24, 2.45) is 0 Å². The molecule has 164 valence electrons. The van der Waals surface area contributed by atoms with Crippen molar-refractivity contribution in [1.82, 2.24) is 19.6 Å². The van der Waals surface area contributed by atoms with Crippen LogP contribution in [0, 0.1) is 5.82 Å². The van der Waals surface area contributed by atoms with Crippen LogP contribution < -0.4 is 10.1 Å². The van der Waals surface area contributed by atoms with Crippen molar-refractivity contribution in [2.45, 2.75) is 29.9 Å². The van der Waals surface area contributed by atoms with Crippen LogP contribution in [0.3, 0.4) is 0 Å². The summed E-state index contributed by atoms with van der Waals surface area (Å²) in [4.78, 5) is 4.79. The van der Waals surface area contributed by atoms with E-state index in [9.17, 15) is 12.8 Å². The van der Waals surface area contributed by atoms with Gasteiger partial charge in [-0.15, -0.1) is 10.2 Å². The molecule has 4 aromatic rings. The number of sulfone groups is 1. The quantitative estimate of drug-likeness (QED) is 0.496. The molecule has 1 N–H and O–H groups in total. The van der Waals surface area contributed by atoms with Gasteiger partial charge in [0.15, 0.2) is 15.5 Å². The van der Waals surface area contributed by atoms with Gasteiger partial charge in [0.1, 0.15) is 24.0 Å². The molecule has 33 heavy (non-hydrogen) atoms. The van der Waals surface area contributed by atoms with Gasteiger partial charge in [0, 0.05) is 46.3 Å². The van der Waals surface area contributed by atoms with Gasteiger partial charge < -0.3 is 10.1 Å². The molecule has 7 rings (SSSR count). The van der Waals surface area contributed by atoms with Crippen LogP contribution in [0.2, 0.25) is 0 Å². The van der Waals surface area contributed by atoms with Gasteiger partial charge in [-0.25, -0.2) is 17.8 Å². The number of ether oxygens (including phenoxy) is 1. The molecule has 3 aliphatic rings. The van der Waals surface area contributed by atoms with Crippen LogP contribution in [0.1, 0.15) is 29.0 Å². The highest BCUT2D eigenvalue weighted by Crippen LogP contribution is 2.55. The van der Waals surface area contributed by atoms with Crippen LogP contribution in [0.15, 0.2) is 53.2 Å². The minimum atomic E-state index is -3.44. The Hall–Kier alpha value is -3.79. The second kappa shape index (κ2) is 6.38. The fourth-order valence-electron chi connectivity index (χ4n) is 4.81. The van der Waals surface area contributed by atoms with Crippen molar-refractivity contribution in [2.75, 3.05) is 5.32 Å². The molecule has 0 saturated heterocycles. The van der Waals surface area contributed by atoms with E-state index < -0.39 is 9.84 Å². The lowest BCUT2D eigenvalue weighted by molar-refractivity contribution is 0.318. The molecule has 0 unspecified atom stereocenters. The zero-order valence-electron chi connectivity index (χ0n) is 17.1. The van der Waals surface area contributed by atoms with E-state index in [1.807, 2.05) is 6.07 Å². The highest BCUT2D eigenvalue weighted by atomic mass is 32.2. The van der Waals surface area contributed by atoms with E-state index in [1.54, 1.807) is 34.9 Å². The van der Waals surface area contributed by atoms with Crippen molar-refractivity contribution in [3.8, 4) is 16.9 Å². The maximum atomic E-state index is 14.7. The largest absolute Gasteiger partial charge is 0.489 e. The lowest BCUT2D eigenvalue weighted by Gasteiger charge is -2.14. The Morgan fingerprint density at radius 3 is 3.03 bits per heavy atom. The minimum Gasteiger partial charge on any atom is -0.489 e. The van der Waals surface area contributed by atoms with Crippen molar-refractivity contribution in [3.05, 3.63) is 70.8 Å². The topological polar surface area (TPSA) is 98.5 Å². The molecule has 10 heteroatoms. The van der Waals surface area contributed by atoms with Gasteiger partial charge in [0.25, 0.3) is 0 Å². The maximum Gasteiger partial charge on any atom is 0.210 e. The van der Waals surface area contributed by atoms with Crippen LogP contribution >= 0.6 is 0 Å². The molecule has 0 amide bonds. The van der Waals surface area contributed by atoms with Gasteiger partial charge in [0.05, 0.1) is 4.90 Å². The van der Waals surface area contributed by atoms with E-state index >= 15 is 0 Å². The predicted octanol–water partition coefficient (Wildman–Crippen LogP) is 3.55. The minimum absolute atomic E-state index is 0.174. The van der Waals surface area contributed by atoms with Crippen molar-refractivity contribution < 1.29 is 17.5 Å². The molecule has 0 bridgehead atoms. The van der Waals surface area contributed by atoms with Gasteiger partial charge >= 0.3 is 0 Å². The summed E-state index contributed by atoms with van der Waals surface area (Å²) in [6, 6.07) is 8.24. The number of aromatic nitrogens is 4. The molecule has 0 radical (unpaired) electrons. The standard InChI is InChI=1S/C23H16FN5O3S/c24-17-4-5-18-21(14-8-19(14)32-18)16(17)10-26-23-25-9-15(22-28-27-11-29(22)23)12-2-1-3-20-13(12)6-7-33(20,30)31/h1-7,9,11,14,19H,8,10H2,(H,25,26)/t14-,19+/m0/s1. The Bertz CT molecular complexity index is 1630. The number of halogens is 1. The highest BCUT2D eigenvalue weighted by Gasteiger charge is 2.49. The number of nitrogens with one attached hydrogen (secondary N) is 1. The number of nitrogens with zero attached hydrogens (tertiary/aromatic N) is 4. The third-order valence-electron chi connectivity index (χ3n) is 6.47. The fourth-order valence-corrected chi connectivity index (χ4v) is 6.03. The molecule has 2 aliphatic heterocycles. The summed E-state index contributed by atoms with van der Waals surface area (Å²) < 4.78 is 46.7. The van der Waals surface area contributed by atoms with Crippen molar-refractivity contribution in [3.63, 3.8) is 0 Å². The van der Waals surface area contributed by atoms with Crippen LogP contribution in [0.25, 0.3) is 22.9 Å². The van der Waals surface area contributed by atoms with Gasteiger partial charge in [0.2, 0.25) is 5.95 Å². The SMILES string of the molecule is O=S1(=O)C=Cc2c(-c3cnc(NCc4c(F)ccc5c4[C@H]4C[C@H]4O5)n4cnnc34)cccc21. The Morgan fingerprint density at radius 1 is 1.21 bits per heavy atom. The molecule has 0 spiro atoms. The van der Waals surface area contributed by atoms with E-state index in [-0.39, 0.29) is 29.3 Å². The van der Waals surface area contributed by atoms with Gasteiger partial charge in [-0.1, -0.05) is 12.1 Å². The Balaban J connectivity index is 1.28. The molecule has 4 heterocycles. The summed E-state index contributed by atoms with van der Waals surface area (Å²) in [5.74, 6) is 1.20. The number of hydrogen-bond donors (Lipinski definition) is 1. The molecule has 2 aromatic carbocycles. The third-order valence-corrected chi connectivity index (χ3v) is 7.94. The second-order valence-corrected chi connectivity index (χ2v) is 10.2. The first-order valence-electron chi connectivity index (χ1n) is 10.5. The average molecular weight is 461 g/mol. The third kappa shape index (κ3) is 2.67. The molecule has 8 nitrogen and oxygen atoms in total. The Morgan fingerprint density at radius 2 is 2.12 bits per heavy atom. The summed E-state index contributed by atoms with van der Waals surface area (Å²) in [7, 11) is -3.44. The summed E-state index contributed by atoms with van der Waals surface area (Å²) in [5.41, 5.74) is 4.00. The van der Waals surface area contributed by atoms with E-state index in [0.717, 1.165) is 17.7 Å². The number of benzene rings is 2. The second-order valence-electron chi connectivity index (χ2n) is 8.37.